The van der Waals surface area contributed by atoms with Gasteiger partial charge in [-0.2, -0.15) is 0 Å². The quantitative estimate of drug-likeness (QED) is 0.423. The molecule has 0 spiro atoms. The molecule has 0 unspecified atom stereocenters. The Morgan fingerprint density at radius 3 is 2.55 bits per heavy atom. The smallest absolute Gasteiger partial charge is 0.257 e. The number of nitrogens with two attached hydrogens (primary N) is 1. The van der Waals surface area contributed by atoms with Crippen LogP contribution in [0.1, 0.15) is 60.4 Å². The average Bonchev–Trinajstić information content (AvgIpc) is 3.26. The van der Waals surface area contributed by atoms with E-state index in [1.165, 1.54) is 0 Å². The molecule has 33 heavy (non-hydrogen) atoms. The fraction of sp³-hybridized carbons (Fsp3) is 0.400. The minimum absolute atomic E-state index is 0.103. The third-order valence-electron chi connectivity index (χ3n) is 5.29. The maximum atomic E-state index is 12.7. The number of nitrogens with zero attached hydrogens (tertiary/aromatic N) is 1. The highest BCUT2D eigenvalue weighted by molar-refractivity contribution is 6.06. The molecular formula is C25H34N6O2. The summed E-state index contributed by atoms with van der Waals surface area (Å²) < 4.78 is 0. The normalized spacial score (nSPS) is 13.3. The lowest BCUT2D eigenvalue weighted by Gasteiger charge is -2.24. The second kappa shape index (κ2) is 10.5. The van der Waals surface area contributed by atoms with Crippen molar-refractivity contribution < 1.29 is 9.59 Å². The molecule has 6 N–H and O–H groups in total. The van der Waals surface area contributed by atoms with Gasteiger partial charge in [-0.15, -0.1) is 0 Å². The number of benzene rings is 2. The molecule has 0 fully saturated rings. The summed E-state index contributed by atoms with van der Waals surface area (Å²) in [7, 11) is 0. The molecule has 0 atom stereocenters. The number of anilines is 2. The first-order valence-corrected chi connectivity index (χ1v) is 11.3. The van der Waals surface area contributed by atoms with Crippen molar-refractivity contribution >= 4 is 29.1 Å². The second-order valence-corrected chi connectivity index (χ2v) is 9.24. The van der Waals surface area contributed by atoms with E-state index in [-0.39, 0.29) is 11.8 Å². The Kier molecular flexibility index (Phi) is 7.71. The third kappa shape index (κ3) is 6.79. The summed E-state index contributed by atoms with van der Waals surface area (Å²) in [5.41, 5.74) is 9.11. The maximum absolute atomic E-state index is 12.7. The number of rotatable bonds is 8. The van der Waals surface area contributed by atoms with Crippen LogP contribution >= 0.6 is 0 Å². The van der Waals surface area contributed by atoms with Crippen LogP contribution in [0.5, 0.6) is 0 Å². The predicted molar refractivity (Wildman–Crippen MR) is 133 cm³/mol. The van der Waals surface area contributed by atoms with Crippen molar-refractivity contribution in [2.24, 2.45) is 16.6 Å². The number of hydrogen-bond acceptors (Lipinski definition) is 6. The van der Waals surface area contributed by atoms with E-state index in [2.05, 4.69) is 40.1 Å². The van der Waals surface area contributed by atoms with E-state index in [0.717, 1.165) is 23.4 Å². The number of amides is 2. The zero-order valence-electron chi connectivity index (χ0n) is 19.8. The van der Waals surface area contributed by atoms with Gasteiger partial charge in [0, 0.05) is 41.1 Å². The van der Waals surface area contributed by atoms with Crippen LogP contribution < -0.4 is 27.0 Å². The molecule has 1 aliphatic heterocycles. The monoisotopic (exact) mass is 450 g/mol. The number of nitrogens with one attached hydrogen (secondary N) is 4. The Labute approximate surface area is 195 Å². The lowest BCUT2D eigenvalue weighted by Crippen LogP contribution is -2.38. The van der Waals surface area contributed by atoms with Crippen LogP contribution in [0.4, 0.5) is 11.4 Å². The molecule has 8 nitrogen and oxygen atoms in total. The summed E-state index contributed by atoms with van der Waals surface area (Å²) in [6.45, 7) is 10.0. The van der Waals surface area contributed by atoms with Gasteiger partial charge < -0.3 is 21.7 Å². The summed E-state index contributed by atoms with van der Waals surface area (Å²) in [6.07, 6.45) is 0.932. The summed E-state index contributed by atoms with van der Waals surface area (Å²) >= 11 is 0. The highest BCUT2D eigenvalue weighted by Gasteiger charge is 2.22. The standard InChI is InChI=1S/C25H34N6O2/c1-16(2)10-11-27-22(32)17-6-5-7-19(14-17)30-21-9-8-18(15-20(21)25(3,4)26)23(33)31-24-28-12-13-29-24/h5-9,14-16,30H,10-13,26H2,1-4H3,(H,27,32)(H2,28,29,31,33). The van der Waals surface area contributed by atoms with Gasteiger partial charge in [-0.25, -0.2) is 0 Å². The summed E-state index contributed by atoms with van der Waals surface area (Å²) in [4.78, 5) is 29.4. The minimum atomic E-state index is -0.701. The van der Waals surface area contributed by atoms with Crippen LogP contribution in [0.2, 0.25) is 0 Å². The SMILES string of the molecule is CC(C)CCNC(=O)c1cccc(Nc2ccc(C(=O)NC3=NCCN3)cc2C(C)(C)N)c1. The molecule has 1 heterocycles. The van der Waals surface area contributed by atoms with E-state index >= 15 is 0 Å². The van der Waals surface area contributed by atoms with Gasteiger partial charge in [-0.1, -0.05) is 19.9 Å². The zero-order valence-corrected chi connectivity index (χ0v) is 19.8. The van der Waals surface area contributed by atoms with Crippen LogP contribution in [-0.2, 0) is 5.54 Å². The molecule has 2 aromatic rings. The molecule has 1 aliphatic rings. The fourth-order valence-corrected chi connectivity index (χ4v) is 3.46. The van der Waals surface area contributed by atoms with Gasteiger partial charge in [-0.05, 0) is 68.1 Å². The summed E-state index contributed by atoms with van der Waals surface area (Å²) in [6, 6.07) is 12.7. The molecular weight excluding hydrogens is 416 g/mol. The van der Waals surface area contributed by atoms with Crippen molar-refractivity contribution in [2.75, 3.05) is 25.0 Å². The van der Waals surface area contributed by atoms with E-state index < -0.39 is 5.54 Å². The first-order valence-electron chi connectivity index (χ1n) is 11.3. The maximum Gasteiger partial charge on any atom is 0.257 e. The Bertz CT molecular complexity index is 1040. The number of hydrogen-bond donors (Lipinski definition) is 5. The van der Waals surface area contributed by atoms with E-state index in [1.54, 1.807) is 18.2 Å². The molecule has 0 bridgehead atoms. The van der Waals surface area contributed by atoms with Gasteiger partial charge in [0.1, 0.15) is 0 Å². The van der Waals surface area contributed by atoms with Crippen LogP contribution in [0.3, 0.4) is 0 Å². The van der Waals surface area contributed by atoms with E-state index in [4.69, 9.17) is 5.73 Å². The van der Waals surface area contributed by atoms with Crippen LogP contribution in [-0.4, -0.2) is 37.4 Å². The molecule has 0 aliphatic carbocycles. The Morgan fingerprint density at radius 2 is 1.88 bits per heavy atom. The molecule has 2 aromatic carbocycles. The van der Waals surface area contributed by atoms with Crippen molar-refractivity contribution in [2.45, 2.75) is 39.7 Å². The van der Waals surface area contributed by atoms with Crippen LogP contribution in [0, 0.1) is 5.92 Å². The summed E-state index contributed by atoms with van der Waals surface area (Å²) in [5.74, 6) is 0.664. The number of carbonyl (C=O) groups is 2. The van der Waals surface area contributed by atoms with Crippen molar-refractivity contribution in [3.63, 3.8) is 0 Å². The van der Waals surface area contributed by atoms with Gasteiger partial charge in [0.05, 0.1) is 6.54 Å². The molecule has 0 saturated carbocycles. The van der Waals surface area contributed by atoms with Gasteiger partial charge in [-0.3, -0.25) is 19.9 Å². The second-order valence-electron chi connectivity index (χ2n) is 9.24. The zero-order chi connectivity index (χ0) is 24.0. The molecule has 176 valence electrons. The van der Waals surface area contributed by atoms with Crippen LogP contribution in [0.15, 0.2) is 47.5 Å². The number of carbonyl (C=O) groups excluding carboxylic acids is 2. The Balaban J connectivity index is 1.78. The van der Waals surface area contributed by atoms with Gasteiger partial charge in [0.25, 0.3) is 11.8 Å². The molecule has 0 radical (unpaired) electrons. The molecule has 3 rings (SSSR count). The predicted octanol–water partition coefficient (Wildman–Crippen LogP) is 3.09. The van der Waals surface area contributed by atoms with Crippen molar-refractivity contribution in [3.8, 4) is 0 Å². The first-order chi connectivity index (χ1) is 15.6. The van der Waals surface area contributed by atoms with Gasteiger partial charge in [0.15, 0.2) is 5.96 Å². The lowest BCUT2D eigenvalue weighted by atomic mass is 9.91. The lowest BCUT2D eigenvalue weighted by molar-refractivity contribution is 0.0949. The molecule has 8 heteroatoms. The van der Waals surface area contributed by atoms with E-state index in [1.807, 2.05) is 38.1 Å². The van der Waals surface area contributed by atoms with Gasteiger partial charge >= 0.3 is 0 Å². The van der Waals surface area contributed by atoms with Crippen molar-refractivity contribution in [3.05, 3.63) is 59.2 Å². The average molecular weight is 451 g/mol. The highest BCUT2D eigenvalue weighted by atomic mass is 16.2. The third-order valence-corrected chi connectivity index (χ3v) is 5.29. The topological polar surface area (TPSA) is 121 Å². The van der Waals surface area contributed by atoms with E-state index in [9.17, 15) is 9.59 Å². The van der Waals surface area contributed by atoms with Crippen LogP contribution in [0.25, 0.3) is 0 Å². The van der Waals surface area contributed by atoms with Crippen molar-refractivity contribution in [1.82, 2.24) is 16.0 Å². The first kappa shape index (κ1) is 24.3. The Hall–Kier alpha value is -3.39. The molecule has 2 amide bonds. The highest BCUT2D eigenvalue weighted by Crippen LogP contribution is 2.30. The largest absolute Gasteiger partial charge is 0.355 e. The fourth-order valence-electron chi connectivity index (χ4n) is 3.46. The summed E-state index contributed by atoms with van der Waals surface area (Å²) in [5, 5.41) is 12.1. The number of guanidine groups is 1. The molecule has 0 aromatic heterocycles. The Morgan fingerprint density at radius 1 is 1.12 bits per heavy atom. The van der Waals surface area contributed by atoms with Crippen molar-refractivity contribution in [1.29, 1.82) is 0 Å². The number of aliphatic imine (C=N–C) groups is 1. The molecule has 0 saturated heterocycles. The minimum Gasteiger partial charge on any atom is -0.355 e. The van der Waals surface area contributed by atoms with E-state index in [0.29, 0.717) is 42.6 Å². The van der Waals surface area contributed by atoms with Gasteiger partial charge in [0.2, 0.25) is 0 Å².